The summed E-state index contributed by atoms with van der Waals surface area (Å²) in [5.74, 6) is 1.06. The highest BCUT2D eigenvalue weighted by Gasteiger charge is 2.46. The van der Waals surface area contributed by atoms with Crippen molar-refractivity contribution in [2.24, 2.45) is 5.41 Å². The van der Waals surface area contributed by atoms with Gasteiger partial charge in [0.2, 0.25) is 5.91 Å². The van der Waals surface area contributed by atoms with Crippen molar-refractivity contribution >= 4 is 5.91 Å². The van der Waals surface area contributed by atoms with Crippen LogP contribution in [0.2, 0.25) is 0 Å². The summed E-state index contributed by atoms with van der Waals surface area (Å²) < 4.78 is 0. The van der Waals surface area contributed by atoms with Crippen molar-refractivity contribution in [1.29, 1.82) is 0 Å². The third kappa shape index (κ3) is 3.23. The number of hydrogen-bond donors (Lipinski definition) is 0. The largest absolute Gasteiger partial charge is 0.342 e. The molecule has 0 bridgehead atoms. The topological polar surface area (TPSA) is 23.6 Å². The second kappa shape index (κ2) is 6.51. The summed E-state index contributed by atoms with van der Waals surface area (Å²) in [6.07, 6.45) is 8.57. The molecule has 0 unspecified atom stereocenters. The molecule has 1 amide bonds. The fraction of sp³-hybridized carbons (Fsp3) is 0.667. The molecule has 130 valence electrons. The number of carbonyl (C=O) groups is 1. The Hall–Kier alpha value is -1.35. The van der Waals surface area contributed by atoms with Gasteiger partial charge in [0.1, 0.15) is 0 Å². The van der Waals surface area contributed by atoms with Crippen LogP contribution in [-0.2, 0) is 11.2 Å². The maximum absolute atomic E-state index is 12.6. The van der Waals surface area contributed by atoms with Crippen LogP contribution in [0.5, 0.6) is 0 Å². The fourth-order valence-electron chi connectivity index (χ4n) is 5.13. The Morgan fingerprint density at radius 3 is 2.46 bits per heavy atom. The van der Waals surface area contributed by atoms with Crippen LogP contribution in [0, 0.1) is 5.41 Å². The van der Waals surface area contributed by atoms with Gasteiger partial charge >= 0.3 is 0 Å². The van der Waals surface area contributed by atoms with Crippen LogP contribution in [0.25, 0.3) is 0 Å². The Kier molecular flexibility index (Phi) is 4.38. The van der Waals surface area contributed by atoms with E-state index in [0.717, 1.165) is 32.1 Å². The van der Waals surface area contributed by atoms with E-state index in [1.165, 1.54) is 49.7 Å². The van der Waals surface area contributed by atoms with Gasteiger partial charge in [0, 0.05) is 31.6 Å². The maximum Gasteiger partial charge on any atom is 0.227 e. The highest BCUT2D eigenvalue weighted by molar-refractivity contribution is 5.79. The Morgan fingerprint density at radius 1 is 1.08 bits per heavy atom. The maximum atomic E-state index is 12.6. The summed E-state index contributed by atoms with van der Waals surface area (Å²) in [4.78, 5) is 17.1. The van der Waals surface area contributed by atoms with Gasteiger partial charge in [-0.3, -0.25) is 4.79 Å². The number of likely N-dealkylation sites (tertiary alicyclic amines) is 2. The van der Waals surface area contributed by atoms with Crippen LogP contribution in [0.4, 0.5) is 0 Å². The molecule has 1 aliphatic carbocycles. The second-order valence-corrected chi connectivity index (χ2v) is 8.49. The quantitative estimate of drug-likeness (QED) is 0.849. The van der Waals surface area contributed by atoms with Gasteiger partial charge in [0.25, 0.3) is 0 Å². The zero-order valence-electron chi connectivity index (χ0n) is 15.0. The fourth-order valence-corrected chi connectivity index (χ4v) is 5.13. The average molecular weight is 326 g/mol. The molecule has 1 saturated carbocycles. The molecule has 2 aliphatic heterocycles. The molecule has 0 N–H and O–H groups in total. The molecule has 1 spiro atoms. The molecule has 2 saturated heterocycles. The van der Waals surface area contributed by atoms with Crippen LogP contribution in [0.3, 0.4) is 0 Å². The van der Waals surface area contributed by atoms with Crippen molar-refractivity contribution in [3.63, 3.8) is 0 Å². The molecule has 0 atom stereocenters. The molecule has 1 aromatic rings. The van der Waals surface area contributed by atoms with Gasteiger partial charge in [-0.2, -0.15) is 0 Å². The molecule has 24 heavy (non-hydrogen) atoms. The van der Waals surface area contributed by atoms with Crippen LogP contribution < -0.4 is 0 Å². The summed E-state index contributed by atoms with van der Waals surface area (Å²) in [6.45, 7) is 4.24. The second-order valence-electron chi connectivity index (χ2n) is 8.49. The molecule has 0 aromatic heterocycles. The lowest BCUT2D eigenvalue weighted by Gasteiger charge is -2.46. The van der Waals surface area contributed by atoms with E-state index in [1.807, 2.05) is 0 Å². The zero-order valence-corrected chi connectivity index (χ0v) is 15.0. The zero-order chi connectivity index (χ0) is 16.6. The molecule has 2 heterocycles. The van der Waals surface area contributed by atoms with Gasteiger partial charge in [-0.25, -0.2) is 0 Å². The number of hydrogen-bond acceptors (Lipinski definition) is 2. The van der Waals surface area contributed by atoms with Gasteiger partial charge in [-0.1, -0.05) is 43.5 Å². The Morgan fingerprint density at radius 2 is 1.79 bits per heavy atom. The van der Waals surface area contributed by atoms with E-state index >= 15 is 0 Å². The van der Waals surface area contributed by atoms with E-state index in [2.05, 4.69) is 41.1 Å². The number of nitrogens with zero attached hydrogens (tertiary/aromatic N) is 2. The van der Waals surface area contributed by atoms with E-state index in [0.29, 0.717) is 17.7 Å². The SMILES string of the molecule is CN1CC2(CCN(C(=O)Cc3ccc(C4CCCCC4)cc3)C2)C1. The first-order valence-electron chi connectivity index (χ1n) is 9.69. The normalized spacial score (nSPS) is 24.3. The lowest BCUT2D eigenvalue weighted by Crippen LogP contribution is -2.55. The molecular formula is C21H30N2O. The van der Waals surface area contributed by atoms with Gasteiger partial charge in [-0.15, -0.1) is 0 Å². The van der Waals surface area contributed by atoms with Crippen molar-refractivity contribution < 1.29 is 4.79 Å². The van der Waals surface area contributed by atoms with E-state index in [4.69, 9.17) is 0 Å². The predicted molar refractivity (Wildman–Crippen MR) is 97.1 cm³/mol. The minimum Gasteiger partial charge on any atom is -0.342 e. The van der Waals surface area contributed by atoms with Gasteiger partial charge < -0.3 is 9.80 Å². The first-order chi connectivity index (χ1) is 11.6. The molecule has 3 heteroatoms. The number of amides is 1. The molecule has 0 radical (unpaired) electrons. The third-order valence-electron chi connectivity index (χ3n) is 6.41. The first-order valence-corrected chi connectivity index (χ1v) is 9.69. The van der Waals surface area contributed by atoms with E-state index in [1.54, 1.807) is 0 Å². The van der Waals surface area contributed by atoms with Crippen LogP contribution >= 0.6 is 0 Å². The third-order valence-corrected chi connectivity index (χ3v) is 6.41. The highest BCUT2D eigenvalue weighted by atomic mass is 16.2. The number of benzene rings is 1. The average Bonchev–Trinajstić information content (AvgIpc) is 3.01. The summed E-state index contributed by atoms with van der Waals surface area (Å²) in [7, 11) is 2.17. The monoisotopic (exact) mass is 326 g/mol. The van der Waals surface area contributed by atoms with Crippen molar-refractivity contribution in [3.8, 4) is 0 Å². The smallest absolute Gasteiger partial charge is 0.227 e. The standard InChI is InChI=1S/C21H30N2O/c1-22-14-21(15-22)11-12-23(16-21)20(24)13-17-7-9-19(10-8-17)18-5-3-2-4-6-18/h7-10,18H,2-6,11-16H2,1H3. The molecule has 3 fully saturated rings. The van der Waals surface area contributed by atoms with Crippen molar-refractivity contribution in [2.75, 3.05) is 33.2 Å². The van der Waals surface area contributed by atoms with Crippen molar-refractivity contribution in [2.45, 2.75) is 50.9 Å². The number of rotatable bonds is 3. The van der Waals surface area contributed by atoms with Crippen LogP contribution in [0.15, 0.2) is 24.3 Å². The summed E-state index contributed by atoms with van der Waals surface area (Å²) in [5, 5.41) is 0. The van der Waals surface area contributed by atoms with Crippen LogP contribution in [0.1, 0.15) is 55.6 Å². The molecule has 1 aromatic carbocycles. The van der Waals surface area contributed by atoms with Crippen molar-refractivity contribution in [1.82, 2.24) is 9.80 Å². The Bertz CT molecular complexity index is 582. The Balaban J connectivity index is 1.33. The minimum atomic E-state index is 0.312. The molecular weight excluding hydrogens is 296 g/mol. The van der Waals surface area contributed by atoms with Crippen LogP contribution in [-0.4, -0.2) is 48.9 Å². The summed E-state index contributed by atoms with van der Waals surface area (Å²) in [6, 6.07) is 8.91. The van der Waals surface area contributed by atoms with E-state index in [-0.39, 0.29) is 0 Å². The molecule has 3 nitrogen and oxygen atoms in total. The Labute approximate surface area is 146 Å². The van der Waals surface area contributed by atoms with E-state index < -0.39 is 0 Å². The first kappa shape index (κ1) is 16.1. The van der Waals surface area contributed by atoms with E-state index in [9.17, 15) is 4.79 Å². The summed E-state index contributed by atoms with van der Waals surface area (Å²) >= 11 is 0. The summed E-state index contributed by atoms with van der Waals surface area (Å²) in [5.41, 5.74) is 3.06. The number of carbonyl (C=O) groups excluding carboxylic acids is 1. The van der Waals surface area contributed by atoms with Crippen molar-refractivity contribution in [3.05, 3.63) is 35.4 Å². The lowest BCUT2D eigenvalue weighted by atomic mass is 9.79. The molecule has 4 rings (SSSR count). The van der Waals surface area contributed by atoms with Gasteiger partial charge in [0.15, 0.2) is 0 Å². The van der Waals surface area contributed by atoms with Gasteiger partial charge in [-0.05, 0) is 43.4 Å². The van der Waals surface area contributed by atoms with Gasteiger partial charge in [0.05, 0.1) is 6.42 Å². The lowest BCUT2D eigenvalue weighted by molar-refractivity contribution is -0.130. The minimum absolute atomic E-state index is 0.312. The highest BCUT2D eigenvalue weighted by Crippen LogP contribution is 2.38. The molecule has 3 aliphatic rings. The predicted octanol–water partition coefficient (Wildman–Crippen LogP) is 3.44.